The molecule has 0 spiro atoms. The molecule has 1 aliphatic rings. The summed E-state index contributed by atoms with van der Waals surface area (Å²) < 4.78 is 68.4. The summed E-state index contributed by atoms with van der Waals surface area (Å²) in [6.07, 6.45) is -7.24. The molecule has 0 aromatic heterocycles. The van der Waals surface area contributed by atoms with E-state index in [9.17, 15) is 27.1 Å². The monoisotopic (exact) mass is 324 g/mol. The highest BCUT2D eigenvalue weighted by Gasteiger charge is 2.62. The number of halogens is 5. The minimum Gasteiger partial charge on any atom is -0.497 e. The molecule has 0 heterocycles. The van der Waals surface area contributed by atoms with Crippen molar-refractivity contribution in [3.63, 3.8) is 0 Å². The number of benzene rings is 1. The van der Waals surface area contributed by atoms with Gasteiger partial charge in [0.25, 0.3) is 0 Å². The lowest BCUT2D eigenvalue weighted by Crippen LogP contribution is -2.47. The van der Waals surface area contributed by atoms with E-state index >= 15 is 0 Å². The minimum atomic E-state index is -5.75. The lowest BCUT2D eigenvalue weighted by Gasteiger charge is -2.31. The largest absolute Gasteiger partial charge is 0.497 e. The zero-order valence-corrected chi connectivity index (χ0v) is 12.0. The Labute approximate surface area is 124 Å². The number of alkyl halides is 5. The van der Waals surface area contributed by atoms with Crippen LogP contribution < -0.4 is 4.74 Å². The van der Waals surface area contributed by atoms with E-state index < -0.39 is 30.5 Å². The van der Waals surface area contributed by atoms with Gasteiger partial charge in [-0.15, -0.1) is 0 Å². The number of ether oxygens (including phenoxy) is 1. The van der Waals surface area contributed by atoms with Crippen molar-refractivity contribution in [2.24, 2.45) is 0 Å². The second-order valence-electron chi connectivity index (χ2n) is 5.53. The van der Waals surface area contributed by atoms with Crippen molar-refractivity contribution in [3.8, 4) is 5.75 Å². The van der Waals surface area contributed by atoms with E-state index in [1.165, 1.54) is 7.11 Å². The number of aliphatic hydroxyl groups is 1. The standard InChI is InChI=1S/C15H17F5O2/c1-22-11-5-6-12-9(7-11)3-2-4-10(12)8-13(21)14(16,17)15(18,19)20/h5-7,10,13,21H,2-4,8H2,1H3. The van der Waals surface area contributed by atoms with Crippen molar-refractivity contribution < 1.29 is 31.8 Å². The zero-order valence-electron chi connectivity index (χ0n) is 12.0. The molecule has 0 fully saturated rings. The van der Waals surface area contributed by atoms with E-state index in [-0.39, 0.29) is 0 Å². The Morgan fingerprint density at radius 2 is 1.95 bits per heavy atom. The van der Waals surface area contributed by atoms with Gasteiger partial charge in [0.15, 0.2) is 0 Å². The maximum atomic E-state index is 13.2. The van der Waals surface area contributed by atoms with Crippen molar-refractivity contribution in [1.82, 2.24) is 0 Å². The summed E-state index contributed by atoms with van der Waals surface area (Å²) in [6, 6.07) is 5.08. The van der Waals surface area contributed by atoms with E-state index in [2.05, 4.69) is 0 Å². The van der Waals surface area contributed by atoms with Crippen LogP contribution in [0.15, 0.2) is 18.2 Å². The number of fused-ring (bicyclic) bond motifs is 1. The number of hydrogen-bond acceptors (Lipinski definition) is 2. The number of rotatable bonds is 4. The first-order valence-electron chi connectivity index (χ1n) is 6.96. The molecule has 0 amide bonds. The molecule has 2 nitrogen and oxygen atoms in total. The smallest absolute Gasteiger partial charge is 0.456 e. The lowest BCUT2D eigenvalue weighted by atomic mass is 9.79. The second kappa shape index (κ2) is 6.02. The molecule has 7 heteroatoms. The zero-order chi connectivity index (χ0) is 16.5. The topological polar surface area (TPSA) is 29.5 Å². The first-order valence-corrected chi connectivity index (χ1v) is 6.96. The molecule has 0 radical (unpaired) electrons. The van der Waals surface area contributed by atoms with Crippen molar-refractivity contribution in [1.29, 1.82) is 0 Å². The maximum absolute atomic E-state index is 13.2. The minimum absolute atomic E-state index is 0.477. The van der Waals surface area contributed by atoms with E-state index in [4.69, 9.17) is 4.74 Å². The Balaban J connectivity index is 2.19. The third-order valence-corrected chi connectivity index (χ3v) is 4.09. The number of aliphatic hydroxyl groups excluding tert-OH is 1. The van der Waals surface area contributed by atoms with Crippen LogP contribution in [0, 0.1) is 0 Å². The van der Waals surface area contributed by atoms with Crippen molar-refractivity contribution in [3.05, 3.63) is 29.3 Å². The molecule has 1 N–H and O–H groups in total. The van der Waals surface area contributed by atoms with Gasteiger partial charge in [-0.1, -0.05) is 6.07 Å². The SMILES string of the molecule is COc1ccc2c(c1)CCCC2CC(O)C(F)(F)C(F)(F)F. The van der Waals surface area contributed by atoms with Crippen LogP contribution in [0.2, 0.25) is 0 Å². The fourth-order valence-electron chi connectivity index (χ4n) is 2.87. The van der Waals surface area contributed by atoms with Gasteiger partial charge >= 0.3 is 12.1 Å². The fourth-order valence-corrected chi connectivity index (χ4v) is 2.87. The van der Waals surface area contributed by atoms with E-state index in [1.807, 2.05) is 0 Å². The highest BCUT2D eigenvalue weighted by Crippen LogP contribution is 2.43. The van der Waals surface area contributed by atoms with Gasteiger partial charge in [-0.2, -0.15) is 22.0 Å². The lowest BCUT2D eigenvalue weighted by molar-refractivity contribution is -0.314. The predicted octanol–water partition coefficient (Wildman–Crippen LogP) is 4.06. The summed E-state index contributed by atoms with van der Waals surface area (Å²) in [5, 5.41) is 9.40. The predicted molar refractivity (Wildman–Crippen MR) is 70.3 cm³/mol. The summed E-state index contributed by atoms with van der Waals surface area (Å²) in [5.74, 6) is -5.00. The Bertz CT molecular complexity index is 527. The Kier molecular flexibility index (Phi) is 4.65. The molecule has 1 aromatic carbocycles. The summed E-state index contributed by atoms with van der Waals surface area (Å²) in [4.78, 5) is 0. The van der Waals surface area contributed by atoms with Gasteiger partial charge < -0.3 is 9.84 Å². The maximum Gasteiger partial charge on any atom is 0.456 e. The normalized spacial score (nSPS) is 20.4. The average molecular weight is 324 g/mol. The van der Waals surface area contributed by atoms with E-state index in [0.29, 0.717) is 24.2 Å². The van der Waals surface area contributed by atoms with Crippen molar-refractivity contribution >= 4 is 0 Å². The van der Waals surface area contributed by atoms with Crippen LogP contribution in [0.3, 0.4) is 0 Å². The van der Waals surface area contributed by atoms with E-state index in [0.717, 1.165) is 12.0 Å². The molecule has 0 aliphatic heterocycles. The average Bonchev–Trinajstić information content (AvgIpc) is 2.45. The molecular weight excluding hydrogens is 307 g/mol. The Hall–Kier alpha value is -1.37. The Morgan fingerprint density at radius 1 is 1.27 bits per heavy atom. The summed E-state index contributed by atoms with van der Waals surface area (Å²) in [5.41, 5.74) is 1.59. The van der Waals surface area contributed by atoms with Crippen LogP contribution >= 0.6 is 0 Å². The highest BCUT2D eigenvalue weighted by molar-refractivity contribution is 5.39. The first kappa shape index (κ1) is 17.0. The molecule has 1 aliphatic carbocycles. The van der Waals surface area contributed by atoms with Crippen LogP contribution in [-0.2, 0) is 6.42 Å². The van der Waals surface area contributed by atoms with Gasteiger partial charge in [-0.3, -0.25) is 0 Å². The number of hydrogen-bond donors (Lipinski definition) is 1. The first-order chi connectivity index (χ1) is 10.2. The molecule has 2 atom stereocenters. The van der Waals surface area contributed by atoms with Gasteiger partial charge in [-0.25, -0.2) is 0 Å². The fraction of sp³-hybridized carbons (Fsp3) is 0.600. The molecule has 124 valence electrons. The van der Waals surface area contributed by atoms with Crippen LogP contribution in [0.4, 0.5) is 22.0 Å². The summed E-state index contributed by atoms with van der Waals surface area (Å²) in [7, 11) is 1.50. The van der Waals surface area contributed by atoms with Crippen molar-refractivity contribution in [2.75, 3.05) is 7.11 Å². The van der Waals surface area contributed by atoms with Crippen LogP contribution in [-0.4, -0.2) is 30.4 Å². The molecule has 22 heavy (non-hydrogen) atoms. The van der Waals surface area contributed by atoms with Crippen LogP contribution in [0.1, 0.15) is 36.3 Å². The van der Waals surface area contributed by atoms with Crippen LogP contribution in [0.5, 0.6) is 5.75 Å². The summed E-state index contributed by atoms with van der Waals surface area (Å²) >= 11 is 0. The Morgan fingerprint density at radius 3 is 2.55 bits per heavy atom. The summed E-state index contributed by atoms with van der Waals surface area (Å²) in [6.45, 7) is 0. The molecule has 0 saturated heterocycles. The van der Waals surface area contributed by atoms with E-state index in [1.54, 1.807) is 18.2 Å². The molecular formula is C15H17F5O2. The molecule has 2 unspecified atom stereocenters. The highest BCUT2D eigenvalue weighted by atomic mass is 19.4. The van der Waals surface area contributed by atoms with Crippen molar-refractivity contribution in [2.45, 2.75) is 49.8 Å². The van der Waals surface area contributed by atoms with Crippen LogP contribution in [0.25, 0.3) is 0 Å². The number of aryl methyl sites for hydroxylation is 1. The van der Waals surface area contributed by atoms with Gasteiger partial charge in [0.1, 0.15) is 11.9 Å². The third kappa shape index (κ3) is 3.19. The third-order valence-electron chi connectivity index (χ3n) is 4.09. The quantitative estimate of drug-likeness (QED) is 0.846. The van der Waals surface area contributed by atoms with Gasteiger partial charge in [-0.05, 0) is 54.9 Å². The molecule has 0 saturated carbocycles. The van der Waals surface area contributed by atoms with Gasteiger partial charge in [0, 0.05) is 0 Å². The molecule has 0 bridgehead atoms. The molecule has 2 rings (SSSR count). The number of methoxy groups -OCH3 is 1. The van der Waals surface area contributed by atoms with Gasteiger partial charge in [0.05, 0.1) is 7.11 Å². The van der Waals surface area contributed by atoms with Gasteiger partial charge in [0.2, 0.25) is 0 Å². The second-order valence-corrected chi connectivity index (χ2v) is 5.53. The molecule has 1 aromatic rings.